The molecule has 1 saturated heterocycles. The molecule has 21 heavy (non-hydrogen) atoms. The lowest BCUT2D eigenvalue weighted by molar-refractivity contribution is 0.0962. The fourth-order valence-corrected chi connectivity index (χ4v) is 2.85. The summed E-state index contributed by atoms with van der Waals surface area (Å²) in [5, 5.41) is 6.04. The zero-order chi connectivity index (χ0) is 15.1. The smallest absolute Gasteiger partial charge is 0.251 e. The number of amides is 1. The van der Waals surface area contributed by atoms with Crippen LogP contribution in [0.1, 0.15) is 41.6 Å². The molecule has 0 atom stereocenters. The molecule has 0 aliphatic carbocycles. The van der Waals surface area contributed by atoms with E-state index in [4.69, 9.17) is 4.74 Å². The topological polar surface area (TPSA) is 50.4 Å². The van der Waals surface area contributed by atoms with E-state index in [2.05, 4.69) is 10.6 Å². The summed E-state index contributed by atoms with van der Waals surface area (Å²) in [6.07, 6.45) is 4.93. The van der Waals surface area contributed by atoms with E-state index in [9.17, 15) is 4.79 Å². The van der Waals surface area contributed by atoms with Gasteiger partial charge in [0.25, 0.3) is 5.91 Å². The van der Waals surface area contributed by atoms with Crippen LogP contribution in [0.2, 0.25) is 0 Å². The number of carbonyl (C=O) groups excluding carboxylic acids is 1. The van der Waals surface area contributed by atoms with E-state index >= 15 is 0 Å². The quantitative estimate of drug-likeness (QED) is 0.792. The molecule has 4 heteroatoms. The van der Waals surface area contributed by atoms with E-state index in [0.29, 0.717) is 5.56 Å². The molecule has 1 aliphatic rings. The van der Waals surface area contributed by atoms with Crippen molar-refractivity contribution in [2.75, 3.05) is 26.7 Å². The Labute approximate surface area is 127 Å². The van der Waals surface area contributed by atoms with Gasteiger partial charge in [-0.3, -0.25) is 4.79 Å². The Bertz CT molecular complexity index is 468. The molecule has 1 aromatic carbocycles. The normalized spacial score (nSPS) is 15.7. The van der Waals surface area contributed by atoms with E-state index in [1.165, 1.54) is 19.3 Å². The summed E-state index contributed by atoms with van der Waals surface area (Å²) < 4.78 is 5.80. The van der Waals surface area contributed by atoms with Gasteiger partial charge in [-0.1, -0.05) is 0 Å². The highest BCUT2D eigenvalue weighted by Crippen LogP contribution is 2.20. The van der Waals surface area contributed by atoms with Gasteiger partial charge in [-0.25, -0.2) is 0 Å². The number of benzene rings is 1. The van der Waals surface area contributed by atoms with Crippen molar-refractivity contribution >= 4 is 5.91 Å². The lowest BCUT2D eigenvalue weighted by atomic mass is 9.93. The van der Waals surface area contributed by atoms with Crippen LogP contribution in [-0.2, 0) is 0 Å². The maximum Gasteiger partial charge on any atom is 0.251 e. The van der Waals surface area contributed by atoms with Gasteiger partial charge in [-0.05, 0) is 75.4 Å². The van der Waals surface area contributed by atoms with Gasteiger partial charge in [0.1, 0.15) is 5.75 Å². The first-order valence-corrected chi connectivity index (χ1v) is 7.87. The molecule has 0 aromatic heterocycles. The van der Waals surface area contributed by atoms with Crippen molar-refractivity contribution in [2.24, 2.45) is 5.92 Å². The Morgan fingerprint density at radius 1 is 1.38 bits per heavy atom. The van der Waals surface area contributed by atoms with Crippen LogP contribution in [-0.4, -0.2) is 32.7 Å². The molecule has 1 aliphatic heterocycles. The maximum atomic E-state index is 11.6. The molecule has 4 nitrogen and oxygen atoms in total. The highest BCUT2D eigenvalue weighted by atomic mass is 16.5. The molecule has 1 fully saturated rings. The lowest BCUT2D eigenvalue weighted by Gasteiger charge is -2.22. The Hall–Kier alpha value is -1.55. The lowest BCUT2D eigenvalue weighted by Crippen LogP contribution is -2.27. The molecule has 0 bridgehead atoms. The van der Waals surface area contributed by atoms with Crippen LogP contribution in [0.25, 0.3) is 0 Å². The number of ether oxygens (including phenoxy) is 1. The monoisotopic (exact) mass is 290 g/mol. The second-order valence-electron chi connectivity index (χ2n) is 5.74. The highest BCUT2D eigenvalue weighted by Gasteiger charge is 2.12. The van der Waals surface area contributed by atoms with Crippen LogP contribution in [0.5, 0.6) is 5.75 Å². The third-order valence-electron chi connectivity index (χ3n) is 4.15. The van der Waals surface area contributed by atoms with E-state index in [0.717, 1.165) is 43.3 Å². The molecule has 1 aromatic rings. The molecule has 1 heterocycles. The molecule has 0 radical (unpaired) electrons. The van der Waals surface area contributed by atoms with Crippen molar-refractivity contribution < 1.29 is 9.53 Å². The first-order chi connectivity index (χ1) is 10.2. The van der Waals surface area contributed by atoms with Crippen molar-refractivity contribution in [3.8, 4) is 5.75 Å². The molecule has 2 rings (SSSR count). The van der Waals surface area contributed by atoms with E-state index in [-0.39, 0.29) is 5.91 Å². The first kappa shape index (κ1) is 15.8. The fourth-order valence-electron chi connectivity index (χ4n) is 2.85. The second-order valence-corrected chi connectivity index (χ2v) is 5.74. The Kier molecular flexibility index (Phi) is 6.05. The molecule has 0 saturated carbocycles. The summed E-state index contributed by atoms with van der Waals surface area (Å²) in [5.74, 6) is 1.66. The average molecular weight is 290 g/mol. The zero-order valence-electron chi connectivity index (χ0n) is 13.1. The number of aryl methyl sites for hydroxylation is 1. The standard InChI is InChI=1S/C17H26N2O2/c1-13-12-15(5-6-16(13)17(20)18-2)21-11-3-4-14-7-9-19-10-8-14/h5-6,12,14,19H,3-4,7-11H2,1-2H3,(H,18,20). The van der Waals surface area contributed by atoms with E-state index < -0.39 is 0 Å². The van der Waals surface area contributed by atoms with E-state index in [1.54, 1.807) is 7.05 Å². The molecule has 116 valence electrons. The van der Waals surface area contributed by atoms with E-state index in [1.807, 2.05) is 25.1 Å². The van der Waals surface area contributed by atoms with Crippen LogP contribution >= 0.6 is 0 Å². The number of nitrogens with one attached hydrogen (secondary N) is 2. The third kappa shape index (κ3) is 4.74. The van der Waals surface area contributed by atoms with Crippen molar-refractivity contribution in [3.63, 3.8) is 0 Å². The third-order valence-corrected chi connectivity index (χ3v) is 4.15. The highest BCUT2D eigenvalue weighted by molar-refractivity contribution is 5.95. The van der Waals surface area contributed by atoms with Gasteiger partial charge >= 0.3 is 0 Å². The molecular formula is C17H26N2O2. The SMILES string of the molecule is CNC(=O)c1ccc(OCCCC2CCNCC2)cc1C. The maximum absolute atomic E-state index is 11.6. The summed E-state index contributed by atoms with van der Waals surface area (Å²) in [6, 6.07) is 5.65. The van der Waals surface area contributed by atoms with Crippen LogP contribution < -0.4 is 15.4 Å². The number of rotatable bonds is 6. The minimum atomic E-state index is -0.0510. The fraction of sp³-hybridized carbons (Fsp3) is 0.588. The molecule has 1 amide bonds. The van der Waals surface area contributed by atoms with Gasteiger partial charge < -0.3 is 15.4 Å². The van der Waals surface area contributed by atoms with Crippen LogP contribution in [0.15, 0.2) is 18.2 Å². The Morgan fingerprint density at radius 2 is 2.14 bits per heavy atom. The van der Waals surface area contributed by atoms with Crippen LogP contribution in [0, 0.1) is 12.8 Å². The van der Waals surface area contributed by atoms with Crippen molar-refractivity contribution in [3.05, 3.63) is 29.3 Å². The molecule has 0 spiro atoms. The van der Waals surface area contributed by atoms with Gasteiger partial charge in [-0.2, -0.15) is 0 Å². The summed E-state index contributed by atoms with van der Waals surface area (Å²) in [5.41, 5.74) is 1.66. The summed E-state index contributed by atoms with van der Waals surface area (Å²) in [7, 11) is 1.65. The summed E-state index contributed by atoms with van der Waals surface area (Å²) in [6.45, 7) is 5.01. The number of hydrogen-bond acceptors (Lipinski definition) is 3. The average Bonchev–Trinajstić information content (AvgIpc) is 2.52. The summed E-state index contributed by atoms with van der Waals surface area (Å²) in [4.78, 5) is 11.6. The first-order valence-electron chi connectivity index (χ1n) is 7.87. The predicted molar refractivity (Wildman–Crippen MR) is 84.9 cm³/mol. The van der Waals surface area contributed by atoms with Crippen LogP contribution in [0.3, 0.4) is 0 Å². The van der Waals surface area contributed by atoms with Crippen molar-refractivity contribution in [2.45, 2.75) is 32.6 Å². The minimum Gasteiger partial charge on any atom is -0.494 e. The largest absolute Gasteiger partial charge is 0.494 e. The predicted octanol–water partition coefficient (Wildman–Crippen LogP) is 2.51. The minimum absolute atomic E-state index is 0.0510. The van der Waals surface area contributed by atoms with Crippen LogP contribution in [0.4, 0.5) is 0 Å². The molecule has 0 unspecified atom stereocenters. The van der Waals surface area contributed by atoms with Crippen molar-refractivity contribution in [1.29, 1.82) is 0 Å². The number of piperidine rings is 1. The Morgan fingerprint density at radius 3 is 2.81 bits per heavy atom. The van der Waals surface area contributed by atoms with Gasteiger partial charge in [0, 0.05) is 12.6 Å². The van der Waals surface area contributed by atoms with Gasteiger partial charge in [0.05, 0.1) is 6.61 Å². The number of carbonyl (C=O) groups is 1. The van der Waals surface area contributed by atoms with Gasteiger partial charge in [0.15, 0.2) is 0 Å². The zero-order valence-corrected chi connectivity index (χ0v) is 13.1. The van der Waals surface area contributed by atoms with Crippen molar-refractivity contribution in [1.82, 2.24) is 10.6 Å². The summed E-state index contributed by atoms with van der Waals surface area (Å²) >= 11 is 0. The number of hydrogen-bond donors (Lipinski definition) is 2. The van der Waals surface area contributed by atoms with Gasteiger partial charge in [0.2, 0.25) is 0 Å². The molecule has 2 N–H and O–H groups in total. The second kappa shape index (κ2) is 8.03. The Balaban J connectivity index is 1.75. The molecular weight excluding hydrogens is 264 g/mol. The van der Waals surface area contributed by atoms with Gasteiger partial charge in [-0.15, -0.1) is 0 Å².